The summed E-state index contributed by atoms with van der Waals surface area (Å²) >= 11 is 0. The van der Waals surface area contributed by atoms with Gasteiger partial charge in [0.15, 0.2) is 0 Å². The summed E-state index contributed by atoms with van der Waals surface area (Å²) in [5.41, 5.74) is 3.50. The second-order valence-corrected chi connectivity index (χ2v) is 6.19. The standard InChI is InChI=1S/C17H26N4/c1-3-20(11-15-7-4-8-18-10-15)12-16-13-21-9-5-6-14(2)17(21)19-16/h5-6,9,13,15,18H,3-4,7-8,10-12H2,1-2H3. The van der Waals surface area contributed by atoms with E-state index in [1.807, 2.05) is 0 Å². The number of hydrogen-bond donors (Lipinski definition) is 1. The summed E-state index contributed by atoms with van der Waals surface area (Å²) in [6.07, 6.45) is 6.92. The summed E-state index contributed by atoms with van der Waals surface area (Å²) in [7, 11) is 0. The summed E-state index contributed by atoms with van der Waals surface area (Å²) < 4.78 is 2.14. The average molecular weight is 286 g/mol. The molecule has 21 heavy (non-hydrogen) atoms. The predicted octanol–water partition coefficient (Wildman–Crippen LogP) is 2.46. The van der Waals surface area contributed by atoms with E-state index in [9.17, 15) is 0 Å². The molecule has 0 aromatic carbocycles. The molecule has 1 saturated heterocycles. The molecular formula is C17H26N4. The van der Waals surface area contributed by atoms with Gasteiger partial charge in [-0.1, -0.05) is 13.0 Å². The highest BCUT2D eigenvalue weighted by atomic mass is 15.1. The second kappa shape index (κ2) is 6.58. The third kappa shape index (κ3) is 3.44. The number of piperidine rings is 1. The van der Waals surface area contributed by atoms with Crippen LogP contribution in [-0.2, 0) is 6.54 Å². The van der Waals surface area contributed by atoms with Crippen molar-refractivity contribution in [2.24, 2.45) is 5.92 Å². The van der Waals surface area contributed by atoms with E-state index < -0.39 is 0 Å². The number of fused-ring (bicyclic) bond motifs is 1. The molecule has 4 heteroatoms. The minimum atomic E-state index is 0.789. The van der Waals surface area contributed by atoms with E-state index in [-0.39, 0.29) is 0 Å². The topological polar surface area (TPSA) is 32.6 Å². The quantitative estimate of drug-likeness (QED) is 0.916. The number of hydrogen-bond acceptors (Lipinski definition) is 3. The summed E-state index contributed by atoms with van der Waals surface area (Å²) in [6.45, 7) is 9.94. The first-order chi connectivity index (χ1) is 10.3. The van der Waals surface area contributed by atoms with Crippen molar-refractivity contribution in [1.29, 1.82) is 0 Å². The zero-order chi connectivity index (χ0) is 14.7. The third-order valence-corrected chi connectivity index (χ3v) is 4.48. The Morgan fingerprint density at radius 1 is 1.48 bits per heavy atom. The molecule has 1 aliphatic rings. The number of nitrogens with zero attached hydrogens (tertiary/aromatic N) is 3. The summed E-state index contributed by atoms with van der Waals surface area (Å²) in [4.78, 5) is 7.32. The zero-order valence-corrected chi connectivity index (χ0v) is 13.2. The molecule has 114 valence electrons. The molecule has 1 aliphatic heterocycles. The van der Waals surface area contributed by atoms with Gasteiger partial charge < -0.3 is 9.72 Å². The first-order valence-electron chi connectivity index (χ1n) is 8.12. The molecule has 0 bridgehead atoms. The Morgan fingerprint density at radius 2 is 2.38 bits per heavy atom. The van der Waals surface area contributed by atoms with E-state index in [0.29, 0.717) is 0 Å². The molecule has 4 nitrogen and oxygen atoms in total. The van der Waals surface area contributed by atoms with Gasteiger partial charge in [0.2, 0.25) is 0 Å². The van der Waals surface area contributed by atoms with Crippen molar-refractivity contribution in [3.05, 3.63) is 35.8 Å². The van der Waals surface area contributed by atoms with Crippen molar-refractivity contribution in [1.82, 2.24) is 19.6 Å². The highest BCUT2D eigenvalue weighted by Crippen LogP contribution is 2.15. The summed E-state index contributed by atoms with van der Waals surface area (Å²) in [6, 6.07) is 4.20. The van der Waals surface area contributed by atoms with E-state index >= 15 is 0 Å². The zero-order valence-electron chi connectivity index (χ0n) is 13.2. The van der Waals surface area contributed by atoms with Gasteiger partial charge in [0.05, 0.1) is 5.69 Å². The molecule has 0 radical (unpaired) electrons. The number of aryl methyl sites for hydroxylation is 1. The van der Waals surface area contributed by atoms with Gasteiger partial charge in [-0.2, -0.15) is 0 Å². The van der Waals surface area contributed by atoms with Gasteiger partial charge >= 0.3 is 0 Å². The Morgan fingerprint density at radius 3 is 3.10 bits per heavy atom. The Bertz CT molecular complexity index is 583. The van der Waals surface area contributed by atoms with Crippen molar-refractivity contribution in [3.63, 3.8) is 0 Å². The van der Waals surface area contributed by atoms with E-state index in [4.69, 9.17) is 4.98 Å². The lowest BCUT2D eigenvalue weighted by atomic mass is 9.99. The monoisotopic (exact) mass is 286 g/mol. The van der Waals surface area contributed by atoms with Crippen LogP contribution < -0.4 is 5.32 Å². The van der Waals surface area contributed by atoms with Crippen LogP contribution in [0.25, 0.3) is 5.65 Å². The molecule has 0 spiro atoms. The SMILES string of the molecule is CCN(Cc1cn2cccc(C)c2n1)CC1CCCNC1. The Labute approximate surface area is 127 Å². The molecule has 3 heterocycles. The van der Waals surface area contributed by atoms with Crippen LogP contribution >= 0.6 is 0 Å². The molecule has 0 aliphatic carbocycles. The molecular weight excluding hydrogens is 260 g/mol. The van der Waals surface area contributed by atoms with Gasteiger partial charge in [-0.15, -0.1) is 0 Å². The number of rotatable bonds is 5. The molecule has 0 amide bonds. The van der Waals surface area contributed by atoms with E-state index in [1.54, 1.807) is 0 Å². The fourth-order valence-corrected chi connectivity index (χ4v) is 3.26. The van der Waals surface area contributed by atoms with Crippen molar-refractivity contribution in [3.8, 4) is 0 Å². The van der Waals surface area contributed by atoms with Gasteiger partial charge in [-0.05, 0) is 56.9 Å². The van der Waals surface area contributed by atoms with Gasteiger partial charge in [-0.25, -0.2) is 4.98 Å². The highest BCUT2D eigenvalue weighted by Gasteiger charge is 2.17. The number of aromatic nitrogens is 2. The lowest BCUT2D eigenvalue weighted by molar-refractivity contribution is 0.208. The van der Waals surface area contributed by atoms with Gasteiger partial charge in [0.1, 0.15) is 5.65 Å². The number of nitrogens with one attached hydrogen (secondary N) is 1. The smallest absolute Gasteiger partial charge is 0.139 e. The largest absolute Gasteiger partial charge is 0.316 e. The fraction of sp³-hybridized carbons (Fsp3) is 0.588. The number of pyridine rings is 1. The van der Waals surface area contributed by atoms with E-state index in [2.05, 4.69) is 53.0 Å². The lowest BCUT2D eigenvalue weighted by Crippen LogP contribution is -2.38. The van der Waals surface area contributed by atoms with Gasteiger partial charge in [0.25, 0.3) is 0 Å². The molecule has 1 fully saturated rings. The predicted molar refractivity (Wildman–Crippen MR) is 86.5 cm³/mol. The van der Waals surface area contributed by atoms with Gasteiger partial charge in [-0.3, -0.25) is 4.90 Å². The van der Waals surface area contributed by atoms with Crippen LogP contribution in [0.4, 0.5) is 0 Å². The van der Waals surface area contributed by atoms with Crippen molar-refractivity contribution >= 4 is 5.65 Å². The Kier molecular flexibility index (Phi) is 4.56. The maximum absolute atomic E-state index is 4.80. The molecule has 1 N–H and O–H groups in total. The second-order valence-electron chi connectivity index (χ2n) is 6.19. The first kappa shape index (κ1) is 14.5. The minimum absolute atomic E-state index is 0.789. The molecule has 1 atom stereocenters. The van der Waals surface area contributed by atoms with Crippen LogP contribution in [0, 0.1) is 12.8 Å². The van der Waals surface area contributed by atoms with Crippen LogP contribution in [0.2, 0.25) is 0 Å². The molecule has 2 aromatic rings. The van der Waals surface area contributed by atoms with Crippen LogP contribution in [0.3, 0.4) is 0 Å². The lowest BCUT2D eigenvalue weighted by Gasteiger charge is -2.28. The molecule has 3 rings (SSSR count). The highest BCUT2D eigenvalue weighted by molar-refractivity contribution is 5.47. The van der Waals surface area contributed by atoms with Crippen LogP contribution in [-0.4, -0.2) is 40.5 Å². The Hall–Kier alpha value is -1.39. The van der Waals surface area contributed by atoms with Crippen LogP contribution in [0.15, 0.2) is 24.5 Å². The van der Waals surface area contributed by atoms with Gasteiger partial charge in [0, 0.05) is 25.5 Å². The Balaban J connectivity index is 1.68. The van der Waals surface area contributed by atoms with Crippen molar-refractivity contribution < 1.29 is 0 Å². The number of imidazole rings is 1. The third-order valence-electron chi connectivity index (χ3n) is 4.48. The molecule has 1 unspecified atom stereocenters. The van der Waals surface area contributed by atoms with Crippen molar-refractivity contribution in [2.75, 3.05) is 26.2 Å². The van der Waals surface area contributed by atoms with Crippen LogP contribution in [0.1, 0.15) is 31.0 Å². The maximum atomic E-state index is 4.80. The van der Waals surface area contributed by atoms with E-state index in [0.717, 1.165) is 24.7 Å². The summed E-state index contributed by atoms with van der Waals surface area (Å²) in [5, 5.41) is 3.51. The van der Waals surface area contributed by atoms with E-state index in [1.165, 1.54) is 43.7 Å². The first-order valence-corrected chi connectivity index (χ1v) is 8.12. The normalized spacial score (nSPS) is 19.5. The molecule has 0 saturated carbocycles. The summed E-state index contributed by atoms with van der Waals surface area (Å²) in [5.74, 6) is 0.789. The average Bonchev–Trinajstić information content (AvgIpc) is 2.92. The van der Waals surface area contributed by atoms with Crippen LogP contribution in [0.5, 0.6) is 0 Å². The molecule has 2 aromatic heterocycles. The fourth-order valence-electron chi connectivity index (χ4n) is 3.26. The maximum Gasteiger partial charge on any atom is 0.139 e. The van der Waals surface area contributed by atoms with Crippen molar-refractivity contribution in [2.45, 2.75) is 33.2 Å². The minimum Gasteiger partial charge on any atom is -0.316 e.